The molecule has 0 aliphatic heterocycles. The summed E-state index contributed by atoms with van der Waals surface area (Å²) in [7, 11) is 0. The number of aryl methyl sites for hydroxylation is 1. The van der Waals surface area contributed by atoms with Crippen molar-refractivity contribution in [3.05, 3.63) is 71.3 Å². The normalized spacial score (nSPS) is 11.8. The molecule has 18 heavy (non-hydrogen) atoms. The first-order valence-electron chi connectivity index (χ1n) is 5.91. The standard InChI is InChI=1S/C16H15NO/c1-13-7-9-15(10-8-13)16(18-12-11-17)14-5-3-2-4-6-14/h2-10,16H,12H2,1H3. The molecule has 0 aliphatic rings. The molecule has 1 atom stereocenters. The van der Waals surface area contributed by atoms with E-state index in [0.717, 1.165) is 11.1 Å². The number of rotatable bonds is 4. The van der Waals surface area contributed by atoms with Crippen LogP contribution in [0.15, 0.2) is 54.6 Å². The van der Waals surface area contributed by atoms with E-state index in [0.29, 0.717) is 0 Å². The third-order valence-corrected chi connectivity index (χ3v) is 2.80. The molecule has 0 N–H and O–H groups in total. The quantitative estimate of drug-likeness (QED) is 0.813. The molecule has 0 bridgehead atoms. The Morgan fingerprint density at radius 3 is 2.22 bits per heavy atom. The molecule has 1 unspecified atom stereocenters. The average molecular weight is 237 g/mol. The van der Waals surface area contributed by atoms with Crippen LogP contribution in [0.5, 0.6) is 0 Å². The Balaban J connectivity index is 2.31. The molecule has 0 saturated heterocycles. The highest BCUT2D eigenvalue weighted by Crippen LogP contribution is 2.25. The van der Waals surface area contributed by atoms with E-state index in [-0.39, 0.29) is 12.7 Å². The van der Waals surface area contributed by atoms with Gasteiger partial charge in [-0.05, 0) is 18.1 Å². The molecule has 2 aromatic carbocycles. The lowest BCUT2D eigenvalue weighted by atomic mass is 10.0. The van der Waals surface area contributed by atoms with E-state index in [1.807, 2.05) is 48.5 Å². The molecule has 0 saturated carbocycles. The van der Waals surface area contributed by atoms with Gasteiger partial charge in [-0.2, -0.15) is 5.26 Å². The highest BCUT2D eigenvalue weighted by molar-refractivity contribution is 5.31. The van der Waals surface area contributed by atoms with Crippen LogP contribution in [0.2, 0.25) is 0 Å². The van der Waals surface area contributed by atoms with Crippen molar-refractivity contribution >= 4 is 0 Å². The van der Waals surface area contributed by atoms with Crippen LogP contribution in [0.1, 0.15) is 22.8 Å². The van der Waals surface area contributed by atoms with Gasteiger partial charge in [-0.1, -0.05) is 60.2 Å². The molecule has 0 fully saturated rings. The SMILES string of the molecule is Cc1ccc(C(OCC#N)c2ccccc2)cc1. The van der Waals surface area contributed by atoms with Gasteiger partial charge in [-0.25, -0.2) is 0 Å². The van der Waals surface area contributed by atoms with E-state index < -0.39 is 0 Å². The second-order valence-electron chi connectivity index (χ2n) is 4.17. The van der Waals surface area contributed by atoms with Crippen molar-refractivity contribution in [1.82, 2.24) is 0 Å². The van der Waals surface area contributed by atoms with Crippen LogP contribution in [0.3, 0.4) is 0 Å². The Kier molecular flexibility index (Phi) is 4.11. The highest BCUT2D eigenvalue weighted by Gasteiger charge is 2.13. The molecular weight excluding hydrogens is 222 g/mol. The molecule has 2 rings (SSSR count). The zero-order chi connectivity index (χ0) is 12.8. The van der Waals surface area contributed by atoms with Crippen molar-refractivity contribution in [3.63, 3.8) is 0 Å². The van der Waals surface area contributed by atoms with Crippen molar-refractivity contribution in [3.8, 4) is 6.07 Å². The Morgan fingerprint density at radius 1 is 1.00 bits per heavy atom. The maximum Gasteiger partial charge on any atom is 0.134 e. The lowest BCUT2D eigenvalue weighted by Gasteiger charge is -2.17. The summed E-state index contributed by atoms with van der Waals surface area (Å²) in [6.07, 6.45) is -0.175. The van der Waals surface area contributed by atoms with Gasteiger partial charge in [0.25, 0.3) is 0 Å². The smallest absolute Gasteiger partial charge is 0.134 e. The lowest BCUT2D eigenvalue weighted by Crippen LogP contribution is -2.06. The first kappa shape index (κ1) is 12.3. The number of ether oxygens (including phenoxy) is 1. The summed E-state index contributed by atoms with van der Waals surface area (Å²) in [5.41, 5.74) is 3.35. The lowest BCUT2D eigenvalue weighted by molar-refractivity contribution is 0.107. The van der Waals surface area contributed by atoms with Crippen LogP contribution < -0.4 is 0 Å². The molecule has 0 heterocycles. The number of benzene rings is 2. The van der Waals surface area contributed by atoms with E-state index in [9.17, 15) is 0 Å². The Hall–Kier alpha value is -2.11. The summed E-state index contributed by atoms with van der Waals surface area (Å²) in [5, 5.41) is 8.68. The van der Waals surface area contributed by atoms with Crippen molar-refractivity contribution in [2.24, 2.45) is 0 Å². The monoisotopic (exact) mass is 237 g/mol. The molecule has 0 spiro atoms. The summed E-state index contributed by atoms with van der Waals surface area (Å²) in [6, 6.07) is 20.2. The maximum atomic E-state index is 8.68. The number of nitriles is 1. The Morgan fingerprint density at radius 2 is 1.61 bits per heavy atom. The van der Waals surface area contributed by atoms with E-state index in [1.54, 1.807) is 0 Å². The van der Waals surface area contributed by atoms with E-state index in [1.165, 1.54) is 5.56 Å². The fourth-order valence-corrected chi connectivity index (χ4v) is 1.87. The van der Waals surface area contributed by atoms with Gasteiger partial charge in [-0.3, -0.25) is 0 Å². The van der Waals surface area contributed by atoms with Gasteiger partial charge in [0.2, 0.25) is 0 Å². The predicted molar refractivity (Wildman–Crippen MR) is 71.0 cm³/mol. The molecule has 90 valence electrons. The van der Waals surface area contributed by atoms with Crippen LogP contribution in [-0.4, -0.2) is 6.61 Å². The molecule has 2 aromatic rings. The molecule has 0 amide bonds. The molecule has 2 heteroatoms. The van der Waals surface area contributed by atoms with Crippen LogP contribution in [0, 0.1) is 18.3 Å². The largest absolute Gasteiger partial charge is 0.354 e. The Bertz CT molecular complexity index is 525. The minimum absolute atomic E-state index is 0.0907. The second-order valence-corrected chi connectivity index (χ2v) is 4.17. The molecule has 2 nitrogen and oxygen atoms in total. The van der Waals surface area contributed by atoms with Crippen molar-refractivity contribution in [1.29, 1.82) is 5.26 Å². The van der Waals surface area contributed by atoms with Crippen molar-refractivity contribution < 1.29 is 4.74 Å². The van der Waals surface area contributed by atoms with Crippen molar-refractivity contribution in [2.45, 2.75) is 13.0 Å². The first-order valence-corrected chi connectivity index (χ1v) is 5.91. The zero-order valence-corrected chi connectivity index (χ0v) is 10.3. The van der Waals surface area contributed by atoms with Gasteiger partial charge in [-0.15, -0.1) is 0 Å². The summed E-state index contributed by atoms with van der Waals surface area (Å²) < 4.78 is 5.64. The van der Waals surface area contributed by atoms with Crippen LogP contribution in [0.25, 0.3) is 0 Å². The van der Waals surface area contributed by atoms with Gasteiger partial charge < -0.3 is 4.74 Å². The fraction of sp³-hybridized carbons (Fsp3) is 0.188. The predicted octanol–water partition coefficient (Wildman–Crippen LogP) is 3.62. The van der Waals surface area contributed by atoms with Gasteiger partial charge >= 0.3 is 0 Å². The summed E-state index contributed by atoms with van der Waals surface area (Å²) in [5.74, 6) is 0. The average Bonchev–Trinajstić information content (AvgIpc) is 2.42. The van der Waals surface area contributed by atoms with Crippen molar-refractivity contribution in [2.75, 3.05) is 6.61 Å². The zero-order valence-electron chi connectivity index (χ0n) is 10.3. The van der Waals surface area contributed by atoms with E-state index >= 15 is 0 Å². The maximum absolute atomic E-state index is 8.68. The minimum atomic E-state index is -0.175. The third kappa shape index (κ3) is 2.97. The van der Waals surface area contributed by atoms with Gasteiger partial charge in [0, 0.05) is 0 Å². The topological polar surface area (TPSA) is 33.0 Å². The van der Waals surface area contributed by atoms with Crippen LogP contribution >= 0.6 is 0 Å². The molecule has 0 aliphatic carbocycles. The van der Waals surface area contributed by atoms with Gasteiger partial charge in [0.1, 0.15) is 12.7 Å². The molecule has 0 radical (unpaired) electrons. The summed E-state index contributed by atoms with van der Waals surface area (Å²) >= 11 is 0. The van der Waals surface area contributed by atoms with E-state index in [2.05, 4.69) is 19.1 Å². The summed E-state index contributed by atoms with van der Waals surface area (Å²) in [6.45, 7) is 2.14. The van der Waals surface area contributed by atoms with Gasteiger partial charge in [0.15, 0.2) is 0 Å². The minimum Gasteiger partial charge on any atom is -0.354 e. The van der Waals surface area contributed by atoms with Crippen LogP contribution in [0.4, 0.5) is 0 Å². The third-order valence-electron chi connectivity index (χ3n) is 2.80. The fourth-order valence-electron chi connectivity index (χ4n) is 1.87. The summed E-state index contributed by atoms with van der Waals surface area (Å²) in [4.78, 5) is 0. The number of nitrogens with zero attached hydrogens (tertiary/aromatic N) is 1. The number of hydrogen-bond donors (Lipinski definition) is 0. The number of hydrogen-bond acceptors (Lipinski definition) is 2. The molecular formula is C16H15NO. The molecule has 0 aromatic heterocycles. The Labute approximate surface area is 107 Å². The van der Waals surface area contributed by atoms with Crippen LogP contribution in [-0.2, 0) is 4.74 Å². The first-order chi connectivity index (χ1) is 8.81. The van der Waals surface area contributed by atoms with Gasteiger partial charge in [0.05, 0.1) is 6.07 Å². The second kappa shape index (κ2) is 6.00. The highest BCUT2D eigenvalue weighted by atomic mass is 16.5. The van der Waals surface area contributed by atoms with E-state index in [4.69, 9.17) is 10.00 Å².